The molecule has 2 fully saturated rings. The molecule has 1 aromatic heterocycles. The van der Waals surface area contributed by atoms with Crippen molar-refractivity contribution in [3.05, 3.63) is 21.9 Å². The minimum Gasteiger partial charge on any atom is -0.335 e. The second-order valence-corrected chi connectivity index (χ2v) is 9.59. The number of carbonyl (C=O) groups is 1. The van der Waals surface area contributed by atoms with Crippen molar-refractivity contribution in [3.63, 3.8) is 0 Å². The zero-order chi connectivity index (χ0) is 15.0. The molecule has 1 aliphatic carbocycles. The highest BCUT2D eigenvalue weighted by Crippen LogP contribution is 2.30. The van der Waals surface area contributed by atoms with Gasteiger partial charge >= 0.3 is 0 Å². The summed E-state index contributed by atoms with van der Waals surface area (Å²) in [6.07, 6.45) is 4.80. The van der Waals surface area contributed by atoms with E-state index >= 15 is 0 Å². The lowest BCUT2D eigenvalue weighted by Gasteiger charge is -2.40. The Labute approximate surface area is 130 Å². The average molecular weight is 327 g/mol. The number of amides is 1. The Kier molecular flexibility index (Phi) is 4.10. The van der Waals surface area contributed by atoms with Crippen LogP contribution in [0.1, 0.15) is 47.3 Å². The van der Waals surface area contributed by atoms with Crippen LogP contribution in [0.2, 0.25) is 0 Å². The van der Waals surface area contributed by atoms with Crippen LogP contribution in [0.15, 0.2) is 11.4 Å². The monoisotopic (exact) mass is 327 g/mol. The molecule has 0 atom stereocenters. The first kappa shape index (κ1) is 15.0. The predicted octanol–water partition coefficient (Wildman–Crippen LogP) is 2.63. The predicted molar refractivity (Wildman–Crippen MR) is 84.5 cm³/mol. The Hall–Kier alpha value is -0.880. The lowest BCUT2D eigenvalue weighted by Crippen LogP contribution is -2.58. The Morgan fingerprint density at radius 1 is 1.19 bits per heavy atom. The molecule has 21 heavy (non-hydrogen) atoms. The van der Waals surface area contributed by atoms with Gasteiger partial charge in [-0.2, -0.15) is 0 Å². The second-order valence-electron chi connectivity index (χ2n) is 6.17. The van der Waals surface area contributed by atoms with Crippen LogP contribution in [0.3, 0.4) is 0 Å². The topological polar surface area (TPSA) is 54.5 Å². The molecule has 6 heteroatoms. The number of aryl methyl sites for hydroxylation is 1. The van der Waals surface area contributed by atoms with E-state index in [1.165, 1.54) is 11.3 Å². The van der Waals surface area contributed by atoms with Crippen molar-refractivity contribution in [2.24, 2.45) is 0 Å². The van der Waals surface area contributed by atoms with Crippen molar-refractivity contribution < 1.29 is 13.2 Å². The molecule has 0 aromatic carbocycles. The molecule has 1 amide bonds. The van der Waals surface area contributed by atoms with Gasteiger partial charge in [0.25, 0.3) is 5.91 Å². The van der Waals surface area contributed by atoms with Gasteiger partial charge in [0.15, 0.2) is 9.84 Å². The molecule has 0 N–H and O–H groups in total. The molecule has 116 valence electrons. The van der Waals surface area contributed by atoms with E-state index in [0.29, 0.717) is 18.0 Å². The Balaban J connectivity index is 1.61. The summed E-state index contributed by atoms with van der Waals surface area (Å²) in [4.78, 5) is 14.6. The Morgan fingerprint density at radius 2 is 1.86 bits per heavy atom. The summed E-state index contributed by atoms with van der Waals surface area (Å²) >= 11 is 1.43. The molecule has 0 spiro atoms. The first-order valence-electron chi connectivity index (χ1n) is 7.55. The van der Waals surface area contributed by atoms with Gasteiger partial charge in [-0.1, -0.05) is 19.3 Å². The van der Waals surface area contributed by atoms with Crippen molar-refractivity contribution in [1.29, 1.82) is 0 Å². The summed E-state index contributed by atoms with van der Waals surface area (Å²) in [5.74, 6) is -0.0248. The lowest BCUT2D eigenvalue weighted by molar-refractivity contribution is 0.0663. The first-order valence-corrected chi connectivity index (χ1v) is 10.0. The first-order chi connectivity index (χ1) is 9.98. The van der Waals surface area contributed by atoms with Gasteiger partial charge in [0.1, 0.15) is 0 Å². The molecule has 1 saturated heterocycles. The number of nitrogens with zero attached hydrogens (tertiary/aromatic N) is 1. The molecule has 0 bridgehead atoms. The number of rotatable bonds is 3. The van der Waals surface area contributed by atoms with Crippen LogP contribution in [0, 0.1) is 6.92 Å². The normalized spacial score (nSPS) is 21.3. The molecule has 1 aromatic rings. The van der Waals surface area contributed by atoms with Gasteiger partial charge in [-0.15, -0.1) is 11.3 Å². The third-order valence-corrected chi connectivity index (χ3v) is 8.22. The van der Waals surface area contributed by atoms with Crippen LogP contribution in [-0.4, -0.2) is 42.8 Å². The minimum absolute atomic E-state index is 0.0248. The molecule has 0 unspecified atom stereocenters. The molecular formula is C15H21NO3S2. The maximum atomic E-state index is 12.5. The molecule has 1 saturated carbocycles. The van der Waals surface area contributed by atoms with E-state index in [1.807, 2.05) is 18.4 Å². The molecule has 1 aliphatic heterocycles. The van der Waals surface area contributed by atoms with Gasteiger partial charge in [0.05, 0.1) is 15.4 Å². The van der Waals surface area contributed by atoms with Gasteiger partial charge in [-0.3, -0.25) is 4.79 Å². The fourth-order valence-electron chi connectivity index (χ4n) is 3.18. The van der Waals surface area contributed by atoms with Crippen LogP contribution in [0.25, 0.3) is 0 Å². The zero-order valence-electron chi connectivity index (χ0n) is 12.2. The number of sulfone groups is 1. The standard InChI is InChI=1S/C15H21NO3S2/c1-11-7-14(20-10-11)15(17)16-8-13(9-16)21(18,19)12-5-3-2-4-6-12/h7,10,12-13H,2-6,8-9H2,1H3. The van der Waals surface area contributed by atoms with E-state index in [0.717, 1.165) is 37.7 Å². The highest BCUT2D eigenvalue weighted by molar-refractivity contribution is 7.92. The summed E-state index contributed by atoms with van der Waals surface area (Å²) in [5.41, 5.74) is 1.08. The van der Waals surface area contributed by atoms with E-state index < -0.39 is 9.84 Å². The smallest absolute Gasteiger partial charge is 0.264 e. The maximum Gasteiger partial charge on any atom is 0.264 e. The van der Waals surface area contributed by atoms with Gasteiger partial charge in [-0.05, 0) is 36.8 Å². The van der Waals surface area contributed by atoms with Crippen LogP contribution in [0.4, 0.5) is 0 Å². The van der Waals surface area contributed by atoms with Gasteiger partial charge in [0, 0.05) is 13.1 Å². The summed E-state index contributed by atoms with van der Waals surface area (Å²) in [6, 6.07) is 1.87. The zero-order valence-corrected chi connectivity index (χ0v) is 13.9. The van der Waals surface area contributed by atoms with Gasteiger partial charge < -0.3 is 4.90 Å². The summed E-state index contributed by atoms with van der Waals surface area (Å²) in [7, 11) is -3.06. The van der Waals surface area contributed by atoms with Crippen LogP contribution < -0.4 is 0 Å². The number of hydrogen-bond acceptors (Lipinski definition) is 4. The fraction of sp³-hybridized carbons (Fsp3) is 0.667. The van der Waals surface area contributed by atoms with Crippen molar-refractivity contribution in [2.45, 2.75) is 49.5 Å². The third-order valence-electron chi connectivity index (χ3n) is 4.56. The van der Waals surface area contributed by atoms with Gasteiger partial charge in [-0.25, -0.2) is 8.42 Å². The van der Waals surface area contributed by atoms with Crippen LogP contribution in [0.5, 0.6) is 0 Å². The summed E-state index contributed by atoms with van der Waals surface area (Å²) < 4.78 is 25.1. The molecular weight excluding hydrogens is 306 g/mol. The summed E-state index contributed by atoms with van der Waals surface area (Å²) in [6.45, 7) is 2.70. The highest BCUT2D eigenvalue weighted by atomic mass is 32.2. The van der Waals surface area contributed by atoms with Crippen LogP contribution >= 0.6 is 11.3 Å². The maximum absolute atomic E-state index is 12.5. The summed E-state index contributed by atoms with van der Waals surface area (Å²) in [5, 5.41) is 1.44. The molecule has 4 nitrogen and oxygen atoms in total. The largest absolute Gasteiger partial charge is 0.335 e. The van der Waals surface area contributed by atoms with E-state index in [2.05, 4.69) is 0 Å². The van der Waals surface area contributed by atoms with E-state index in [4.69, 9.17) is 0 Å². The quantitative estimate of drug-likeness (QED) is 0.857. The molecule has 3 rings (SSSR count). The van der Waals surface area contributed by atoms with E-state index in [1.54, 1.807) is 4.90 Å². The van der Waals surface area contributed by atoms with E-state index in [-0.39, 0.29) is 16.4 Å². The third kappa shape index (κ3) is 2.88. The second kappa shape index (κ2) is 5.72. The van der Waals surface area contributed by atoms with Crippen molar-refractivity contribution in [1.82, 2.24) is 4.90 Å². The van der Waals surface area contributed by atoms with E-state index in [9.17, 15) is 13.2 Å². The van der Waals surface area contributed by atoms with Crippen molar-refractivity contribution >= 4 is 27.1 Å². The number of hydrogen-bond donors (Lipinski definition) is 0. The number of likely N-dealkylation sites (tertiary alicyclic amines) is 1. The number of thiophene rings is 1. The fourth-order valence-corrected chi connectivity index (χ4v) is 6.35. The SMILES string of the molecule is Cc1csc(C(=O)N2CC(S(=O)(=O)C3CCCCC3)C2)c1. The minimum atomic E-state index is -3.06. The van der Waals surface area contributed by atoms with Gasteiger partial charge in [0.2, 0.25) is 0 Å². The number of carbonyl (C=O) groups excluding carboxylic acids is 1. The molecule has 0 radical (unpaired) electrons. The average Bonchev–Trinajstić information content (AvgIpc) is 2.84. The highest BCUT2D eigenvalue weighted by Gasteiger charge is 2.43. The Morgan fingerprint density at radius 3 is 2.43 bits per heavy atom. The van der Waals surface area contributed by atoms with Crippen LogP contribution in [-0.2, 0) is 9.84 Å². The molecule has 2 heterocycles. The lowest BCUT2D eigenvalue weighted by atomic mass is 10.0. The van der Waals surface area contributed by atoms with Crippen molar-refractivity contribution in [2.75, 3.05) is 13.1 Å². The van der Waals surface area contributed by atoms with Crippen molar-refractivity contribution in [3.8, 4) is 0 Å². The molecule has 2 aliphatic rings. The Bertz CT molecular complexity index is 623.